The summed E-state index contributed by atoms with van der Waals surface area (Å²) in [5.41, 5.74) is 1.02. The van der Waals surface area contributed by atoms with E-state index in [4.69, 9.17) is 0 Å². The van der Waals surface area contributed by atoms with Gasteiger partial charge in [0.15, 0.2) is 0 Å². The van der Waals surface area contributed by atoms with Crippen LogP contribution in [0.5, 0.6) is 0 Å². The van der Waals surface area contributed by atoms with Crippen LogP contribution >= 0.6 is 11.3 Å². The number of aryl methyl sites for hydroxylation is 3. The van der Waals surface area contributed by atoms with Crippen LogP contribution in [0.4, 0.5) is 13.2 Å². The van der Waals surface area contributed by atoms with E-state index < -0.39 is 12.7 Å². The van der Waals surface area contributed by atoms with E-state index in [0.717, 1.165) is 36.1 Å². The summed E-state index contributed by atoms with van der Waals surface area (Å²) in [4.78, 5) is 35.0. The summed E-state index contributed by atoms with van der Waals surface area (Å²) in [6.45, 7) is 0.540. The highest BCUT2D eigenvalue weighted by atomic mass is 32.1. The predicted molar refractivity (Wildman–Crippen MR) is 109 cm³/mol. The molecule has 6 nitrogen and oxygen atoms in total. The van der Waals surface area contributed by atoms with E-state index in [-0.39, 0.29) is 37.5 Å². The number of carbonyl (C=O) groups is 1. The molecule has 4 rings (SSSR count). The summed E-state index contributed by atoms with van der Waals surface area (Å²) < 4.78 is 39.3. The minimum absolute atomic E-state index is 0.0978. The SMILES string of the molecule is O=C(CCn1cnc2sc3c(c2c1=O)CCCC3)N1CCCN(CC(F)(F)F)CC1. The Labute approximate surface area is 176 Å². The standard InChI is InChI=1S/C20H25F3N4O2S/c21-20(22,23)12-25-7-3-8-26(11-10-25)16(28)6-9-27-13-24-18-17(19(27)29)14-4-1-2-5-15(14)30-18/h13H,1-12H2. The molecule has 1 saturated heterocycles. The zero-order valence-electron chi connectivity index (χ0n) is 16.7. The number of amides is 1. The number of alkyl halides is 3. The molecule has 3 heterocycles. The maximum atomic E-state index is 13.0. The second-order valence-electron chi connectivity index (χ2n) is 8.01. The Morgan fingerprint density at radius 2 is 1.90 bits per heavy atom. The molecule has 164 valence electrons. The molecule has 2 aromatic heterocycles. The molecule has 10 heteroatoms. The van der Waals surface area contributed by atoms with Crippen molar-refractivity contribution in [2.45, 2.75) is 51.2 Å². The molecule has 0 radical (unpaired) electrons. The number of thiophene rings is 1. The lowest BCUT2D eigenvalue weighted by atomic mass is 9.97. The van der Waals surface area contributed by atoms with E-state index in [9.17, 15) is 22.8 Å². The first-order chi connectivity index (χ1) is 14.3. The summed E-state index contributed by atoms with van der Waals surface area (Å²) in [6, 6.07) is 0. The minimum atomic E-state index is -4.23. The van der Waals surface area contributed by atoms with Gasteiger partial charge < -0.3 is 4.90 Å². The average molecular weight is 443 g/mol. The Hall–Kier alpha value is -1.94. The molecule has 0 aromatic carbocycles. The topological polar surface area (TPSA) is 58.4 Å². The van der Waals surface area contributed by atoms with Crippen molar-refractivity contribution in [1.29, 1.82) is 0 Å². The predicted octanol–water partition coefficient (Wildman–Crippen LogP) is 2.82. The summed E-state index contributed by atoms with van der Waals surface area (Å²) in [6.07, 6.45) is 2.03. The molecule has 1 aliphatic carbocycles. The molecular formula is C20H25F3N4O2S. The number of aromatic nitrogens is 2. The van der Waals surface area contributed by atoms with Crippen LogP contribution in [0.25, 0.3) is 10.2 Å². The maximum absolute atomic E-state index is 13.0. The molecule has 0 bridgehead atoms. The molecule has 0 unspecified atom stereocenters. The normalized spacial score (nSPS) is 18.4. The highest BCUT2D eigenvalue weighted by Crippen LogP contribution is 2.33. The van der Waals surface area contributed by atoms with Crippen molar-refractivity contribution in [2.75, 3.05) is 32.7 Å². The highest BCUT2D eigenvalue weighted by molar-refractivity contribution is 7.18. The molecule has 2 aliphatic rings. The smallest absolute Gasteiger partial charge is 0.341 e. The fraction of sp³-hybridized carbons (Fsp3) is 0.650. The van der Waals surface area contributed by atoms with Crippen LogP contribution in [0.15, 0.2) is 11.1 Å². The first-order valence-corrected chi connectivity index (χ1v) is 11.2. The number of carbonyl (C=O) groups excluding carboxylic acids is 1. The van der Waals surface area contributed by atoms with Gasteiger partial charge in [-0.3, -0.25) is 19.1 Å². The molecule has 0 saturated carbocycles. The number of hydrogen-bond donors (Lipinski definition) is 0. The monoisotopic (exact) mass is 442 g/mol. The summed E-state index contributed by atoms with van der Waals surface area (Å²) in [5, 5.41) is 0.696. The Bertz CT molecular complexity index is 985. The van der Waals surface area contributed by atoms with Crippen molar-refractivity contribution < 1.29 is 18.0 Å². The van der Waals surface area contributed by atoms with E-state index >= 15 is 0 Å². The zero-order chi connectivity index (χ0) is 21.3. The van der Waals surface area contributed by atoms with Gasteiger partial charge in [-0.15, -0.1) is 11.3 Å². The summed E-state index contributed by atoms with van der Waals surface area (Å²) in [7, 11) is 0. The zero-order valence-corrected chi connectivity index (χ0v) is 17.5. The third-order valence-corrected chi connectivity index (χ3v) is 7.05. The second kappa shape index (κ2) is 8.66. The van der Waals surface area contributed by atoms with Gasteiger partial charge in [0.2, 0.25) is 5.91 Å². The number of hydrogen-bond acceptors (Lipinski definition) is 5. The van der Waals surface area contributed by atoms with Crippen LogP contribution < -0.4 is 5.56 Å². The van der Waals surface area contributed by atoms with Crippen molar-refractivity contribution in [3.05, 3.63) is 27.1 Å². The van der Waals surface area contributed by atoms with Gasteiger partial charge in [-0.05, 0) is 37.7 Å². The first kappa shape index (κ1) is 21.3. The van der Waals surface area contributed by atoms with E-state index in [2.05, 4.69) is 4.98 Å². The van der Waals surface area contributed by atoms with Gasteiger partial charge in [-0.1, -0.05) is 0 Å². The number of fused-ring (bicyclic) bond motifs is 3. The molecule has 30 heavy (non-hydrogen) atoms. The van der Waals surface area contributed by atoms with E-state index in [1.54, 1.807) is 16.2 Å². The van der Waals surface area contributed by atoms with Gasteiger partial charge in [-0.2, -0.15) is 13.2 Å². The molecule has 1 amide bonds. The van der Waals surface area contributed by atoms with Gasteiger partial charge in [0, 0.05) is 44.0 Å². The van der Waals surface area contributed by atoms with Gasteiger partial charge in [0.25, 0.3) is 5.56 Å². The third-order valence-electron chi connectivity index (χ3n) is 5.85. The quantitative estimate of drug-likeness (QED) is 0.731. The van der Waals surface area contributed by atoms with Crippen molar-refractivity contribution in [1.82, 2.24) is 19.4 Å². The Kier molecular flexibility index (Phi) is 6.15. The first-order valence-electron chi connectivity index (χ1n) is 10.4. The lowest BCUT2D eigenvalue weighted by molar-refractivity contribution is -0.145. The molecule has 2 aromatic rings. The Morgan fingerprint density at radius 3 is 2.70 bits per heavy atom. The lowest BCUT2D eigenvalue weighted by Gasteiger charge is -2.23. The number of rotatable bonds is 4. The summed E-state index contributed by atoms with van der Waals surface area (Å²) >= 11 is 1.59. The molecule has 0 N–H and O–H groups in total. The number of nitrogens with zero attached hydrogens (tertiary/aromatic N) is 4. The van der Waals surface area contributed by atoms with Crippen LogP contribution in [0.3, 0.4) is 0 Å². The van der Waals surface area contributed by atoms with E-state index in [1.807, 2.05) is 0 Å². The van der Waals surface area contributed by atoms with Gasteiger partial charge in [0.05, 0.1) is 18.3 Å². The maximum Gasteiger partial charge on any atom is 0.401 e. The fourth-order valence-corrected chi connectivity index (χ4v) is 5.57. The molecular weight excluding hydrogens is 417 g/mol. The van der Waals surface area contributed by atoms with E-state index in [0.29, 0.717) is 24.9 Å². The van der Waals surface area contributed by atoms with Crippen LogP contribution in [-0.2, 0) is 24.2 Å². The molecule has 0 atom stereocenters. The van der Waals surface area contributed by atoms with Crippen LogP contribution in [0.2, 0.25) is 0 Å². The van der Waals surface area contributed by atoms with Gasteiger partial charge >= 0.3 is 6.18 Å². The number of halogens is 3. The third kappa shape index (κ3) is 4.69. The van der Waals surface area contributed by atoms with Crippen molar-refractivity contribution in [3.8, 4) is 0 Å². The van der Waals surface area contributed by atoms with Crippen molar-refractivity contribution >= 4 is 27.5 Å². The minimum Gasteiger partial charge on any atom is -0.341 e. The fourth-order valence-electron chi connectivity index (χ4n) is 4.35. The molecule has 1 aliphatic heterocycles. The van der Waals surface area contributed by atoms with Crippen molar-refractivity contribution in [2.24, 2.45) is 0 Å². The molecule has 0 spiro atoms. The second-order valence-corrected chi connectivity index (χ2v) is 9.09. The van der Waals surface area contributed by atoms with Gasteiger partial charge in [-0.25, -0.2) is 4.98 Å². The van der Waals surface area contributed by atoms with Crippen LogP contribution in [0, 0.1) is 0 Å². The lowest BCUT2D eigenvalue weighted by Crippen LogP contribution is -2.39. The largest absolute Gasteiger partial charge is 0.401 e. The van der Waals surface area contributed by atoms with Crippen LogP contribution in [0.1, 0.15) is 36.1 Å². The van der Waals surface area contributed by atoms with E-state index in [1.165, 1.54) is 20.7 Å². The molecule has 1 fully saturated rings. The average Bonchev–Trinajstić information content (AvgIpc) is 2.92. The highest BCUT2D eigenvalue weighted by Gasteiger charge is 2.31. The van der Waals surface area contributed by atoms with Crippen molar-refractivity contribution in [3.63, 3.8) is 0 Å². The van der Waals surface area contributed by atoms with Crippen LogP contribution in [-0.4, -0.2) is 64.2 Å². The Balaban J connectivity index is 1.40. The Morgan fingerprint density at radius 1 is 1.10 bits per heavy atom. The summed E-state index contributed by atoms with van der Waals surface area (Å²) in [5.74, 6) is -0.136. The van der Waals surface area contributed by atoms with Gasteiger partial charge in [0.1, 0.15) is 4.83 Å².